The Kier molecular flexibility index (Phi) is 5.95. The molecular weight excluding hydrogens is 223 g/mol. The summed E-state index contributed by atoms with van der Waals surface area (Å²) < 4.78 is 34.6. The van der Waals surface area contributed by atoms with Gasteiger partial charge in [0.1, 0.15) is 0 Å². The van der Waals surface area contributed by atoms with Crippen LogP contribution >= 0.6 is 15.9 Å². The number of halogens is 4. The largest absolute Gasteiger partial charge is 0.389 e. The third kappa shape index (κ3) is 10.2. The van der Waals surface area contributed by atoms with Crippen molar-refractivity contribution in [3.05, 3.63) is 0 Å². The average Bonchev–Trinajstić information content (AvgIpc) is 1.85. The Morgan fingerprint density at radius 3 is 2.27 bits per heavy atom. The third-order valence-corrected chi connectivity index (χ3v) is 1.48. The molecule has 0 aromatic heterocycles. The lowest BCUT2D eigenvalue weighted by Gasteiger charge is -2.05. The molecule has 0 fully saturated rings. The second kappa shape index (κ2) is 5.83. The smallest absolute Gasteiger partial charge is 0.316 e. The predicted molar refractivity (Wildman–Crippen MR) is 42.0 cm³/mol. The molecule has 1 N–H and O–H groups in total. The van der Waals surface area contributed by atoms with Gasteiger partial charge in [-0.05, 0) is 13.0 Å². The van der Waals surface area contributed by atoms with Crippen molar-refractivity contribution in [3.63, 3.8) is 0 Å². The lowest BCUT2D eigenvalue weighted by atomic mass is 10.3. The highest BCUT2D eigenvalue weighted by Crippen LogP contribution is 2.20. The Morgan fingerprint density at radius 1 is 1.18 bits per heavy atom. The fraction of sp³-hybridized carbons (Fsp3) is 1.00. The summed E-state index contributed by atoms with van der Waals surface area (Å²) in [6, 6.07) is 0. The number of nitrogens with one attached hydrogen (secondary N) is 1. The van der Waals surface area contributed by atoms with Crippen molar-refractivity contribution < 1.29 is 13.2 Å². The molecule has 11 heavy (non-hydrogen) atoms. The lowest BCUT2D eigenvalue weighted by molar-refractivity contribution is -0.135. The van der Waals surface area contributed by atoms with Crippen LogP contribution < -0.4 is 5.32 Å². The van der Waals surface area contributed by atoms with E-state index in [0.717, 1.165) is 11.9 Å². The van der Waals surface area contributed by atoms with Crippen LogP contribution in [0.5, 0.6) is 0 Å². The Morgan fingerprint density at radius 2 is 1.82 bits per heavy atom. The molecule has 0 saturated heterocycles. The van der Waals surface area contributed by atoms with Gasteiger partial charge in [-0.2, -0.15) is 13.2 Å². The van der Waals surface area contributed by atoms with Gasteiger partial charge in [0.15, 0.2) is 0 Å². The molecule has 0 aliphatic carbocycles. The summed E-state index contributed by atoms with van der Waals surface area (Å²) in [5.74, 6) is 0. The maximum atomic E-state index is 11.5. The van der Waals surface area contributed by atoms with Crippen molar-refractivity contribution in [1.29, 1.82) is 0 Å². The molecule has 0 aromatic carbocycles. The predicted octanol–water partition coefficient (Wildman–Crippen LogP) is 2.31. The van der Waals surface area contributed by atoms with E-state index in [1.807, 2.05) is 0 Å². The molecule has 0 rings (SSSR count). The van der Waals surface area contributed by atoms with Crippen LogP contribution in [0.2, 0.25) is 0 Å². The molecule has 5 heteroatoms. The van der Waals surface area contributed by atoms with E-state index < -0.39 is 12.6 Å². The molecule has 68 valence electrons. The van der Waals surface area contributed by atoms with Crippen molar-refractivity contribution in [2.24, 2.45) is 0 Å². The van der Waals surface area contributed by atoms with E-state index in [9.17, 15) is 13.2 Å². The minimum Gasteiger partial charge on any atom is -0.316 e. The lowest BCUT2D eigenvalue weighted by Crippen LogP contribution is -2.19. The van der Waals surface area contributed by atoms with Gasteiger partial charge in [-0.25, -0.2) is 0 Å². The first kappa shape index (κ1) is 11.2. The van der Waals surface area contributed by atoms with Crippen molar-refractivity contribution >= 4 is 15.9 Å². The van der Waals surface area contributed by atoms with Crippen molar-refractivity contribution in [3.8, 4) is 0 Å². The third-order valence-electron chi connectivity index (χ3n) is 1.09. The molecule has 0 unspecified atom stereocenters. The van der Waals surface area contributed by atoms with Crippen LogP contribution in [0.15, 0.2) is 0 Å². The maximum absolute atomic E-state index is 11.5. The minimum absolute atomic E-state index is 0.163. The van der Waals surface area contributed by atoms with E-state index in [1.54, 1.807) is 0 Å². The summed E-state index contributed by atoms with van der Waals surface area (Å²) in [5, 5.41) is 3.64. The first-order valence-electron chi connectivity index (χ1n) is 3.39. The van der Waals surface area contributed by atoms with Crippen LogP contribution in [0.4, 0.5) is 13.2 Å². The van der Waals surface area contributed by atoms with Crippen LogP contribution in [0.1, 0.15) is 12.8 Å². The Bertz CT molecular complexity index is 94.3. The Balaban J connectivity index is 3.02. The molecule has 0 saturated carbocycles. The van der Waals surface area contributed by atoms with Gasteiger partial charge in [-0.1, -0.05) is 15.9 Å². The van der Waals surface area contributed by atoms with E-state index in [1.165, 1.54) is 0 Å². The molecule has 0 bridgehead atoms. The minimum atomic E-state index is -4.00. The molecule has 0 atom stereocenters. The first-order chi connectivity index (χ1) is 5.06. The van der Waals surface area contributed by atoms with Gasteiger partial charge in [-0.15, -0.1) is 0 Å². The van der Waals surface area contributed by atoms with Gasteiger partial charge in [0, 0.05) is 18.3 Å². The highest BCUT2D eigenvalue weighted by Gasteiger charge is 2.25. The van der Waals surface area contributed by atoms with E-state index in [0.29, 0.717) is 6.54 Å². The first-order valence-corrected chi connectivity index (χ1v) is 4.52. The molecular formula is C6H11BrF3N. The van der Waals surface area contributed by atoms with Crippen LogP contribution in [0.3, 0.4) is 0 Å². The molecule has 0 aliphatic heterocycles. The standard InChI is InChI=1S/C6H11BrF3N/c7-3-5-11-4-1-2-6(8,9)10/h11H,1-5H2. The monoisotopic (exact) mass is 233 g/mol. The van der Waals surface area contributed by atoms with Crippen LogP contribution in [0, 0.1) is 0 Å². The van der Waals surface area contributed by atoms with Gasteiger partial charge in [0.2, 0.25) is 0 Å². The van der Waals surface area contributed by atoms with Crippen molar-refractivity contribution in [2.75, 3.05) is 18.4 Å². The van der Waals surface area contributed by atoms with Crippen LogP contribution in [-0.4, -0.2) is 24.6 Å². The second-order valence-corrected chi connectivity index (χ2v) is 2.95. The van der Waals surface area contributed by atoms with Gasteiger partial charge in [-0.3, -0.25) is 0 Å². The Labute approximate surface area is 72.5 Å². The summed E-state index contributed by atoms with van der Waals surface area (Å²) in [5.41, 5.74) is 0. The van der Waals surface area contributed by atoms with Crippen molar-refractivity contribution in [2.45, 2.75) is 19.0 Å². The molecule has 0 aliphatic rings. The molecule has 0 heterocycles. The van der Waals surface area contributed by atoms with Gasteiger partial charge >= 0.3 is 6.18 Å². The van der Waals surface area contributed by atoms with E-state index in [-0.39, 0.29) is 6.42 Å². The molecule has 0 aromatic rings. The summed E-state index contributed by atoms with van der Waals surface area (Å²) in [7, 11) is 0. The molecule has 0 amide bonds. The number of hydrogen-bond donors (Lipinski definition) is 1. The molecule has 1 nitrogen and oxygen atoms in total. The summed E-state index contributed by atoms with van der Waals surface area (Å²) in [6.45, 7) is 1.16. The van der Waals surface area contributed by atoms with Gasteiger partial charge in [0.05, 0.1) is 0 Å². The summed E-state index contributed by atoms with van der Waals surface area (Å²) in [6.07, 6.45) is -4.53. The van der Waals surface area contributed by atoms with Gasteiger partial charge in [0.25, 0.3) is 0 Å². The zero-order valence-electron chi connectivity index (χ0n) is 6.05. The van der Waals surface area contributed by atoms with Crippen molar-refractivity contribution in [1.82, 2.24) is 5.32 Å². The summed E-state index contributed by atoms with van der Waals surface area (Å²) >= 11 is 3.16. The second-order valence-electron chi connectivity index (χ2n) is 2.16. The SMILES string of the molecule is FC(F)(F)CCCNCCBr. The van der Waals surface area contributed by atoms with E-state index in [2.05, 4.69) is 21.2 Å². The maximum Gasteiger partial charge on any atom is 0.389 e. The quantitative estimate of drug-likeness (QED) is 0.568. The fourth-order valence-corrected chi connectivity index (χ4v) is 0.886. The topological polar surface area (TPSA) is 12.0 Å². The number of rotatable bonds is 5. The summed E-state index contributed by atoms with van der Waals surface area (Å²) in [4.78, 5) is 0. The Hall–Kier alpha value is 0.230. The average molecular weight is 234 g/mol. The number of alkyl halides is 4. The van der Waals surface area contributed by atoms with Crippen LogP contribution in [-0.2, 0) is 0 Å². The van der Waals surface area contributed by atoms with E-state index >= 15 is 0 Å². The van der Waals surface area contributed by atoms with Gasteiger partial charge < -0.3 is 5.32 Å². The highest BCUT2D eigenvalue weighted by atomic mass is 79.9. The fourth-order valence-electron chi connectivity index (χ4n) is 0.606. The number of hydrogen-bond acceptors (Lipinski definition) is 1. The normalized spacial score (nSPS) is 12.0. The zero-order valence-corrected chi connectivity index (χ0v) is 7.63. The highest BCUT2D eigenvalue weighted by molar-refractivity contribution is 9.09. The zero-order chi connectivity index (χ0) is 8.74. The van der Waals surface area contributed by atoms with Crippen LogP contribution in [0.25, 0.3) is 0 Å². The molecule has 0 radical (unpaired) electrons. The molecule has 0 spiro atoms. The van der Waals surface area contributed by atoms with E-state index in [4.69, 9.17) is 0 Å².